The van der Waals surface area contributed by atoms with E-state index < -0.39 is 17.7 Å². The van der Waals surface area contributed by atoms with Crippen molar-refractivity contribution in [1.82, 2.24) is 4.90 Å². The van der Waals surface area contributed by atoms with Gasteiger partial charge in [0.15, 0.2) is 0 Å². The fourth-order valence-corrected chi connectivity index (χ4v) is 3.82. The Hall–Kier alpha value is -2.54. The first-order valence-electron chi connectivity index (χ1n) is 9.17. The summed E-state index contributed by atoms with van der Waals surface area (Å²) in [6.07, 6.45) is 0. The Kier molecular flexibility index (Phi) is 6.71. The van der Waals surface area contributed by atoms with Crippen LogP contribution in [-0.2, 0) is 14.3 Å². The van der Waals surface area contributed by atoms with Crippen molar-refractivity contribution < 1.29 is 24.2 Å². The average Bonchev–Trinajstić information content (AvgIpc) is 2.98. The third-order valence-corrected chi connectivity index (χ3v) is 5.74. The second-order valence-electron chi connectivity index (χ2n) is 6.84. The third kappa shape index (κ3) is 4.03. The summed E-state index contributed by atoms with van der Waals surface area (Å²) in [7, 11) is 3.05. The lowest BCUT2D eigenvalue weighted by molar-refractivity contribution is -0.140. The Morgan fingerprint density at radius 3 is 2.43 bits per heavy atom. The lowest BCUT2D eigenvalue weighted by atomic mass is 9.95. The number of methoxy groups -OCH3 is 2. The van der Waals surface area contributed by atoms with E-state index in [-0.39, 0.29) is 29.5 Å². The van der Waals surface area contributed by atoms with Crippen LogP contribution in [0.5, 0.6) is 5.75 Å². The summed E-state index contributed by atoms with van der Waals surface area (Å²) < 4.78 is 10.3. The van der Waals surface area contributed by atoms with Gasteiger partial charge < -0.3 is 19.5 Å². The van der Waals surface area contributed by atoms with E-state index in [9.17, 15) is 14.7 Å². The van der Waals surface area contributed by atoms with Gasteiger partial charge in [-0.2, -0.15) is 0 Å². The zero-order chi connectivity index (χ0) is 22.0. The lowest BCUT2D eigenvalue weighted by Crippen LogP contribution is -2.32. The molecule has 8 heteroatoms. The summed E-state index contributed by atoms with van der Waals surface area (Å²) in [6.45, 7) is 2.22. The first-order chi connectivity index (χ1) is 14.3. The highest BCUT2D eigenvalue weighted by atomic mass is 35.5. The molecule has 6 nitrogen and oxygen atoms in total. The molecule has 1 fully saturated rings. The highest BCUT2D eigenvalue weighted by Gasteiger charge is 2.46. The Balaban J connectivity index is 2.19. The number of nitrogens with zero attached hydrogens (tertiary/aromatic N) is 1. The Morgan fingerprint density at radius 1 is 1.10 bits per heavy atom. The van der Waals surface area contributed by atoms with E-state index in [4.69, 9.17) is 32.7 Å². The van der Waals surface area contributed by atoms with Gasteiger partial charge in [0.05, 0.1) is 35.4 Å². The largest absolute Gasteiger partial charge is 0.507 e. The summed E-state index contributed by atoms with van der Waals surface area (Å²) in [6, 6.07) is 9.06. The molecule has 0 unspecified atom stereocenters. The Labute approximate surface area is 184 Å². The molecule has 1 N–H and O–H groups in total. The molecule has 2 aromatic carbocycles. The maximum absolute atomic E-state index is 12.9. The monoisotopic (exact) mass is 449 g/mol. The molecular weight excluding hydrogens is 429 g/mol. The quantitative estimate of drug-likeness (QED) is 0.402. The maximum Gasteiger partial charge on any atom is 0.295 e. The Bertz CT molecular complexity index is 1030. The summed E-state index contributed by atoms with van der Waals surface area (Å²) in [4.78, 5) is 27.0. The number of likely N-dealkylation sites (tertiary alicyclic amines) is 1. The predicted molar refractivity (Wildman–Crippen MR) is 115 cm³/mol. The van der Waals surface area contributed by atoms with Gasteiger partial charge in [0.2, 0.25) is 0 Å². The minimum absolute atomic E-state index is 0.0148. The van der Waals surface area contributed by atoms with E-state index in [0.717, 1.165) is 5.56 Å². The van der Waals surface area contributed by atoms with Crippen LogP contribution in [-0.4, -0.2) is 49.1 Å². The number of aryl methyl sites for hydroxylation is 1. The molecule has 1 aliphatic rings. The molecule has 0 aromatic heterocycles. The van der Waals surface area contributed by atoms with Crippen LogP contribution in [0.1, 0.15) is 22.7 Å². The third-order valence-electron chi connectivity index (χ3n) is 5.00. The lowest BCUT2D eigenvalue weighted by Gasteiger charge is -2.25. The SMILES string of the molecule is COCCN1C(=O)C(=O)/C(=C(/O)c2ccc(OC)c(C)c2)[C@H]1c1ccc(Cl)c(Cl)c1. The van der Waals surface area contributed by atoms with Gasteiger partial charge in [-0.15, -0.1) is 0 Å². The fraction of sp³-hybridized carbons (Fsp3) is 0.273. The van der Waals surface area contributed by atoms with Crippen molar-refractivity contribution in [1.29, 1.82) is 0 Å². The van der Waals surface area contributed by atoms with E-state index in [1.807, 2.05) is 6.92 Å². The van der Waals surface area contributed by atoms with Crippen molar-refractivity contribution >= 4 is 40.7 Å². The van der Waals surface area contributed by atoms with Gasteiger partial charge in [-0.3, -0.25) is 9.59 Å². The molecule has 1 aliphatic heterocycles. The molecule has 0 saturated carbocycles. The van der Waals surface area contributed by atoms with E-state index >= 15 is 0 Å². The number of ether oxygens (including phenoxy) is 2. The zero-order valence-corrected chi connectivity index (χ0v) is 18.3. The number of benzene rings is 2. The first kappa shape index (κ1) is 22.2. The smallest absolute Gasteiger partial charge is 0.295 e. The van der Waals surface area contributed by atoms with E-state index in [2.05, 4.69) is 0 Å². The van der Waals surface area contributed by atoms with Gasteiger partial charge in [0.1, 0.15) is 11.5 Å². The Morgan fingerprint density at radius 2 is 1.83 bits per heavy atom. The second kappa shape index (κ2) is 9.08. The zero-order valence-electron chi connectivity index (χ0n) is 16.7. The number of hydrogen-bond acceptors (Lipinski definition) is 5. The normalized spacial score (nSPS) is 18.2. The number of halogens is 2. The van der Waals surface area contributed by atoms with Crippen LogP contribution in [0.15, 0.2) is 42.0 Å². The van der Waals surface area contributed by atoms with E-state index in [1.54, 1.807) is 43.5 Å². The molecular formula is C22H21Cl2NO5. The van der Waals surface area contributed by atoms with Crippen LogP contribution in [0.4, 0.5) is 0 Å². The molecule has 3 rings (SSSR count). The molecule has 0 aliphatic carbocycles. The number of ketones is 1. The van der Waals surface area contributed by atoms with Crippen LogP contribution in [0, 0.1) is 6.92 Å². The maximum atomic E-state index is 12.9. The number of hydrogen-bond donors (Lipinski definition) is 1. The van der Waals surface area contributed by atoms with Crippen LogP contribution in [0.25, 0.3) is 5.76 Å². The number of carbonyl (C=O) groups excluding carboxylic acids is 2. The van der Waals surface area contributed by atoms with E-state index in [1.165, 1.54) is 12.0 Å². The fourth-order valence-electron chi connectivity index (χ4n) is 3.51. The number of aliphatic hydroxyl groups excluding tert-OH is 1. The van der Waals surface area contributed by atoms with Crippen molar-refractivity contribution in [2.24, 2.45) is 0 Å². The molecule has 30 heavy (non-hydrogen) atoms. The topological polar surface area (TPSA) is 76.1 Å². The molecule has 0 radical (unpaired) electrons. The number of rotatable bonds is 6. The van der Waals surface area contributed by atoms with Gasteiger partial charge in [0.25, 0.3) is 11.7 Å². The number of carbonyl (C=O) groups is 2. The van der Waals surface area contributed by atoms with Crippen molar-refractivity contribution in [2.75, 3.05) is 27.4 Å². The van der Waals surface area contributed by atoms with E-state index in [0.29, 0.717) is 21.9 Å². The number of amides is 1. The van der Waals surface area contributed by atoms with Crippen LogP contribution in [0.3, 0.4) is 0 Å². The van der Waals surface area contributed by atoms with Gasteiger partial charge in [-0.05, 0) is 48.4 Å². The van der Waals surface area contributed by atoms with Crippen LogP contribution >= 0.6 is 23.2 Å². The van der Waals surface area contributed by atoms with Crippen molar-refractivity contribution in [2.45, 2.75) is 13.0 Å². The molecule has 1 amide bonds. The van der Waals surface area contributed by atoms with Crippen molar-refractivity contribution in [3.63, 3.8) is 0 Å². The molecule has 0 spiro atoms. The molecule has 1 atom stereocenters. The average molecular weight is 450 g/mol. The minimum Gasteiger partial charge on any atom is -0.507 e. The number of Topliss-reactive ketones (excluding diaryl/α,β-unsaturated/α-hetero) is 1. The van der Waals surface area contributed by atoms with Gasteiger partial charge in [-0.25, -0.2) is 0 Å². The van der Waals surface area contributed by atoms with Gasteiger partial charge >= 0.3 is 0 Å². The molecule has 1 heterocycles. The molecule has 158 valence electrons. The predicted octanol–water partition coefficient (Wildman–Crippen LogP) is 4.38. The molecule has 2 aromatic rings. The van der Waals surface area contributed by atoms with Gasteiger partial charge in [0, 0.05) is 19.2 Å². The first-order valence-corrected chi connectivity index (χ1v) is 9.93. The minimum atomic E-state index is -0.822. The number of aliphatic hydroxyl groups is 1. The summed E-state index contributed by atoms with van der Waals surface area (Å²) in [5, 5.41) is 11.7. The summed E-state index contributed by atoms with van der Waals surface area (Å²) >= 11 is 12.2. The standard InChI is InChI=1S/C22H21Cl2NO5/c1-12-10-14(5-7-17(12)30-3)20(26)18-19(13-4-6-15(23)16(24)11-13)25(8-9-29-2)22(28)21(18)27/h4-7,10-11,19,26H,8-9H2,1-3H3/b20-18+/t19-/m1/s1. The highest BCUT2D eigenvalue weighted by Crippen LogP contribution is 2.41. The van der Waals surface area contributed by atoms with Crippen LogP contribution < -0.4 is 4.74 Å². The summed E-state index contributed by atoms with van der Waals surface area (Å²) in [5.41, 5.74) is 1.73. The molecule has 1 saturated heterocycles. The van der Waals surface area contributed by atoms with Crippen LogP contribution in [0.2, 0.25) is 10.0 Å². The van der Waals surface area contributed by atoms with Gasteiger partial charge in [-0.1, -0.05) is 29.3 Å². The highest BCUT2D eigenvalue weighted by molar-refractivity contribution is 6.46. The molecule has 0 bridgehead atoms. The summed E-state index contributed by atoms with van der Waals surface area (Å²) in [5.74, 6) is -1.11. The second-order valence-corrected chi connectivity index (χ2v) is 7.66. The van der Waals surface area contributed by atoms with Crippen molar-refractivity contribution in [3.8, 4) is 5.75 Å². The van der Waals surface area contributed by atoms with Crippen molar-refractivity contribution in [3.05, 3.63) is 68.7 Å².